The first-order valence-corrected chi connectivity index (χ1v) is 5.08. The standard InChI is InChI=1S/C11H14F2N2O2/c1-17-6-5-14-10(16)7-15-9-4-2-3-8(12)11(9)13/h2-4,15H,5-7H2,1H3,(H,14,16). The molecule has 1 rings (SSSR count). The average molecular weight is 244 g/mol. The summed E-state index contributed by atoms with van der Waals surface area (Å²) < 4.78 is 30.7. The van der Waals surface area contributed by atoms with Crippen molar-refractivity contribution in [2.75, 3.05) is 32.1 Å². The summed E-state index contributed by atoms with van der Waals surface area (Å²) in [5, 5.41) is 5.06. The molecule has 6 heteroatoms. The minimum absolute atomic E-state index is 0.0353. The van der Waals surface area contributed by atoms with Crippen LogP contribution in [0.1, 0.15) is 0 Å². The first kappa shape index (κ1) is 13.4. The number of amides is 1. The van der Waals surface area contributed by atoms with E-state index in [0.717, 1.165) is 6.07 Å². The number of rotatable bonds is 6. The molecule has 17 heavy (non-hydrogen) atoms. The highest BCUT2D eigenvalue weighted by Gasteiger charge is 2.08. The zero-order chi connectivity index (χ0) is 12.7. The lowest BCUT2D eigenvalue weighted by Gasteiger charge is -2.08. The molecule has 0 aliphatic heterocycles. The third-order valence-corrected chi connectivity index (χ3v) is 2.02. The van der Waals surface area contributed by atoms with Crippen LogP contribution in [-0.2, 0) is 9.53 Å². The zero-order valence-electron chi connectivity index (χ0n) is 9.43. The molecule has 0 unspecified atom stereocenters. The van der Waals surface area contributed by atoms with Crippen molar-refractivity contribution in [2.24, 2.45) is 0 Å². The van der Waals surface area contributed by atoms with E-state index < -0.39 is 11.6 Å². The van der Waals surface area contributed by atoms with Gasteiger partial charge in [-0.1, -0.05) is 6.07 Å². The molecular formula is C11H14F2N2O2. The summed E-state index contributed by atoms with van der Waals surface area (Å²) in [4.78, 5) is 11.2. The Bertz CT molecular complexity index is 386. The van der Waals surface area contributed by atoms with Crippen molar-refractivity contribution in [3.8, 4) is 0 Å². The van der Waals surface area contributed by atoms with Crippen LogP contribution in [0.15, 0.2) is 18.2 Å². The van der Waals surface area contributed by atoms with Gasteiger partial charge in [-0.2, -0.15) is 0 Å². The second-order valence-electron chi connectivity index (χ2n) is 3.30. The SMILES string of the molecule is COCCNC(=O)CNc1cccc(F)c1F. The van der Waals surface area contributed by atoms with Crippen LogP contribution in [0.2, 0.25) is 0 Å². The van der Waals surface area contributed by atoms with E-state index in [9.17, 15) is 13.6 Å². The Morgan fingerprint density at radius 3 is 2.88 bits per heavy atom. The Kier molecular flexibility index (Phi) is 5.35. The fraction of sp³-hybridized carbons (Fsp3) is 0.364. The van der Waals surface area contributed by atoms with Crippen LogP contribution >= 0.6 is 0 Å². The topological polar surface area (TPSA) is 50.4 Å². The first-order chi connectivity index (χ1) is 8.15. The largest absolute Gasteiger partial charge is 0.383 e. The van der Waals surface area contributed by atoms with Gasteiger partial charge in [-0.3, -0.25) is 4.79 Å². The number of ether oxygens (including phenoxy) is 1. The van der Waals surface area contributed by atoms with Crippen LogP contribution in [0, 0.1) is 11.6 Å². The van der Waals surface area contributed by atoms with Crippen molar-refractivity contribution in [3.05, 3.63) is 29.8 Å². The van der Waals surface area contributed by atoms with Crippen molar-refractivity contribution >= 4 is 11.6 Å². The molecule has 0 aliphatic rings. The number of carbonyl (C=O) groups excluding carboxylic acids is 1. The Morgan fingerprint density at radius 1 is 1.41 bits per heavy atom. The van der Waals surface area contributed by atoms with E-state index in [1.54, 1.807) is 0 Å². The van der Waals surface area contributed by atoms with E-state index in [1.807, 2.05) is 0 Å². The first-order valence-electron chi connectivity index (χ1n) is 5.08. The summed E-state index contributed by atoms with van der Waals surface area (Å²) >= 11 is 0. The summed E-state index contributed by atoms with van der Waals surface area (Å²) in [6.07, 6.45) is 0. The van der Waals surface area contributed by atoms with Crippen LogP contribution in [-0.4, -0.2) is 32.7 Å². The number of nitrogens with one attached hydrogen (secondary N) is 2. The van der Waals surface area contributed by atoms with E-state index in [4.69, 9.17) is 4.74 Å². The summed E-state index contributed by atoms with van der Waals surface area (Å²) in [7, 11) is 1.52. The second-order valence-corrected chi connectivity index (χ2v) is 3.30. The summed E-state index contributed by atoms with van der Waals surface area (Å²) in [5.41, 5.74) is -0.0353. The smallest absolute Gasteiger partial charge is 0.239 e. The van der Waals surface area contributed by atoms with Gasteiger partial charge in [0.25, 0.3) is 0 Å². The molecular weight excluding hydrogens is 230 g/mol. The molecule has 0 heterocycles. The quantitative estimate of drug-likeness (QED) is 0.738. The van der Waals surface area contributed by atoms with E-state index in [1.165, 1.54) is 19.2 Å². The Hall–Kier alpha value is -1.69. The predicted molar refractivity (Wildman–Crippen MR) is 59.7 cm³/mol. The maximum absolute atomic E-state index is 13.2. The minimum Gasteiger partial charge on any atom is -0.383 e. The van der Waals surface area contributed by atoms with Crippen molar-refractivity contribution in [3.63, 3.8) is 0 Å². The van der Waals surface area contributed by atoms with Crippen LogP contribution in [0.5, 0.6) is 0 Å². The van der Waals surface area contributed by atoms with Crippen LogP contribution in [0.25, 0.3) is 0 Å². The summed E-state index contributed by atoms with van der Waals surface area (Å²) in [6.45, 7) is 0.660. The van der Waals surface area contributed by atoms with E-state index in [0.29, 0.717) is 13.2 Å². The molecule has 0 fully saturated rings. The lowest BCUT2D eigenvalue weighted by atomic mass is 10.3. The number of hydrogen-bond acceptors (Lipinski definition) is 3. The van der Waals surface area contributed by atoms with Gasteiger partial charge < -0.3 is 15.4 Å². The number of anilines is 1. The van der Waals surface area contributed by atoms with Crippen LogP contribution < -0.4 is 10.6 Å². The molecule has 0 saturated carbocycles. The van der Waals surface area contributed by atoms with Gasteiger partial charge in [-0.05, 0) is 12.1 Å². The van der Waals surface area contributed by atoms with Crippen molar-refractivity contribution in [1.29, 1.82) is 0 Å². The lowest BCUT2D eigenvalue weighted by molar-refractivity contribution is -0.119. The van der Waals surface area contributed by atoms with Gasteiger partial charge in [-0.15, -0.1) is 0 Å². The molecule has 0 saturated heterocycles. The number of hydrogen-bond donors (Lipinski definition) is 2. The van der Waals surface area contributed by atoms with E-state index in [-0.39, 0.29) is 18.1 Å². The Morgan fingerprint density at radius 2 is 2.18 bits per heavy atom. The molecule has 0 aliphatic carbocycles. The second kappa shape index (κ2) is 6.80. The number of carbonyl (C=O) groups is 1. The zero-order valence-corrected chi connectivity index (χ0v) is 9.43. The normalized spacial score (nSPS) is 10.1. The predicted octanol–water partition coefficient (Wildman–Crippen LogP) is 1.14. The molecule has 0 atom stereocenters. The molecule has 94 valence electrons. The molecule has 1 aromatic rings. The monoisotopic (exact) mass is 244 g/mol. The lowest BCUT2D eigenvalue weighted by Crippen LogP contribution is -2.32. The van der Waals surface area contributed by atoms with Crippen molar-refractivity contribution < 1.29 is 18.3 Å². The van der Waals surface area contributed by atoms with Gasteiger partial charge in [-0.25, -0.2) is 8.78 Å². The highest BCUT2D eigenvalue weighted by atomic mass is 19.2. The van der Waals surface area contributed by atoms with Gasteiger partial charge in [0, 0.05) is 13.7 Å². The third-order valence-electron chi connectivity index (χ3n) is 2.02. The number of methoxy groups -OCH3 is 1. The van der Waals surface area contributed by atoms with Crippen LogP contribution in [0.3, 0.4) is 0 Å². The molecule has 4 nitrogen and oxygen atoms in total. The highest BCUT2D eigenvalue weighted by molar-refractivity contribution is 5.80. The molecule has 0 aromatic heterocycles. The average Bonchev–Trinajstić information content (AvgIpc) is 2.31. The maximum atomic E-state index is 13.2. The number of benzene rings is 1. The fourth-order valence-corrected chi connectivity index (χ4v) is 1.17. The number of halogens is 2. The highest BCUT2D eigenvalue weighted by Crippen LogP contribution is 2.15. The summed E-state index contributed by atoms with van der Waals surface area (Å²) in [6, 6.07) is 3.74. The molecule has 0 bridgehead atoms. The van der Waals surface area contributed by atoms with E-state index >= 15 is 0 Å². The van der Waals surface area contributed by atoms with E-state index in [2.05, 4.69) is 10.6 Å². The van der Waals surface area contributed by atoms with Crippen molar-refractivity contribution in [2.45, 2.75) is 0 Å². The van der Waals surface area contributed by atoms with Gasteiger partial charge in [0.1, 0.15) is 0 Å². The summed E-state index contributed by atoms with van der Waals surface area (Å²) in [5.74, 6) is -2.25. The third kappa shape index (κ3) is 4.36. The van der Waals surface area contributed by atoms with Crippen LogP contribution in [0.4, 0.5) is 14.5 Å². The minimum atomic E-state index is -0.989. The van der Waals surface area contributed by atoms with Crippen molar-refractivity contribution in [1.82, 2.24) is 5.32 Å². The van der Waals surface area contributed by atoms with Gasteiger partial charge in [0.15, 0.2) is 11.6 Å². The Labute approximate surface area is 98.0 Å². The molecule has 1 aromatic carbocycles. The fourth-order valence-electron chi connectivity index (χ4n) is 1.17. The van der Waals surface area contributed by atoms with Gasteiger partial charge in [0.2, 0.25) is 5.91 Å². The van der Waals surface area contributed by atoms with Gasteiger partial charge in [0.05, 0.1) is 18.8 Å². The Balaban J connectivity index is 2.39. The maximum Gasteiger partial charge on any atom is 0.239 e. The molecule has 0 spiro atoms. The van der Waals surface area contributed by atoms with Gasteiger partial charge >= 0.3 is 0 Å². The molecule has 0 radical (unpaired) electrons. The molecule has 1 amide bonds. The molecule has 2 N–H and O–H groups in total.